The van der Waals surface area contributed by atoms with Crippen molar-refractivity contribution in [1.82, 2.24) is 4.90 Å². The van der Waals surface area contributed by atoms with Gasteiger partial charge in [-0.3, -0.25) is 5.32 Å². The number of carboxylic acids is 1. The van der Waals surface area contributed by atoms with Gasteiger partial charge in [0.2, 0.25) is 0 Å². The second-order valence-electron chi connectivity index (χ2n) is 4.05. The van der Waals surface area contributed by atoms with E-state index in [9.17, 15) is 9.59 Å². The van der Waals surface area contributed by atoms with Crippen LogP contribution in [0.1, 0.15) is 23.2 Å². The van der Waals surface area contributed by atoms with Crippen LogP contribution in [0.4, 0.5) is 9.80 Å². The highest BCUT2D eigenvalue weighted by Crippen LogP contribution is 2.29. The van der Waals surface area contributed by atoms with Gasteiger partial charge in [-0.15, -0.1) is 11.3 Å². The largest absolute Gasteiger partial charge is 0.478 e. The fourth-order valence-corrected chi connectivity index (χ4v) is 2.46. The van der Waals surface area contributed by atoms with Crippen molar-refractivity contribution < 1.29 is 19.8 Å². The van der Waals surface area contributed by atoms with Gasteiger partial charge in [0.05, 0.1) is 12.2 Å². The third-order valence-electron chi connectivity index (χ3n) is 2.71. The Balaban J connectivity index is 2.05. The number of aromatic carboxylic acids is 1. The molecule has 0 radical (unpaired) electrons. The van der Waals surface area contributed by atoms with E-state index in [1.54, 1.807) is 10.3 Å². The molecule has 1 heterocycles. The van der Waals surface area contributed by atoms with Crippen molar-refractivity contribution in [3.8, 4) is 0 Å². The zero-order valence-electron chi connectivity index (χ0n) is 9.63. The summed E-state index contributed by atoms with van der Waals surface area (Å²) in [5.41, 5.74) is 0.0908. The number of nitrogens with one attached hydrogen (secondary N) is 1. The molecule has 1 aromatic heterocycles. The van der Waals surface area contributed by atoms with Gasteiger partial charge in [-0.25, -0.2) is 9.59 Å². The van der Waals surface area contributed by atoms with Gasteiger partial charge in [0, 0.05) is 12.6 Å². The molecule has 18 heavy (non-hydrogen) atoms. The van der Waals surface area contributed by atoms with Gasteiger partial charge in [0.25, 0.3) is 0 Å². The topological polar surface area (TPSA) is 89.9 Å². The molecular weight excluding hydrogens is 256 g/mol. The molecule has 98 valence electrons. The number of urea groups is 1. The lowest BCUT2D eigenvalue weighted by Crippen LogP contribution is -2.38. The molecule has 0 spiro atoms. The number of aliphatic hydroxyl groups excluding tert-OH is 1. The van der Waals surface area contributed by atoms with Crippen LogP contribution in [0.3, 0.4) is 0 Å². The predicted molar refractivity (Wildman–Crippen MR) is 67.1 cm³/mol. The molecular formula is C11H14N2O4S. The summed E-state index contributed by atoms with van der Waals surface area (Å²) < 4.78 is 0. The fourth-order valence-electron chi connectivity index (χ4n) is 1.69. The summed E-state index contributed by atoms with van der Waals surface area (Å²) in [5.74, 6) is -1.06. The maximum Gasteiger partial charge on any atom is 0.338 e. The number of anilines is 1. The van der Waals surface area contributed by atoms with Crippen molar-refractivity contribution in [3.63, 3.8) is 0 Å². The minimum Gasteiger partial charge on any atom is -0.478 e. The van der Waals surface area contributed by atoms with E-state index in [2.05, 4.69) is 5.32 Å². The van der Waals surface area contributed by atoms with Crippen molar-refractivity contribution in [1.29, 1.82) is 0 Å². The minimum atomic E-state index is -1.06. The third-order valence-corrected chi connectivity index (χ3v) is 3.54. The Kier molecular flexibility index (Phi) is 3.83. The number of carboxylic acid groups (broad SMARTS) is 1. The van der Waals surface area contributed by atoms with Crippen molar-refractivity contribution in [2.24, 2.45) is 0 Å². The molecule has 6 nitrogen and oxygen atoms in total. The molecule has 2 rings (SSSR count). The maximum absolute atomic E-state index is 12.0. The predicted octanol–water partition coefficient (Wildman–Crippen LogP) is 1.43. The third kappa shape index (κ3) is 2.80. The molecule has 1 aliphatic carbocycles. The molecule has 0 aromatic carbocycles. The summed E-state index contributed by atoms with van der Waals surface area (Å²) in [5, 5.41) is 22.4. The van der Waals surface area contributed by atoms with Crippen LogP contribution in [-0.2, 0) is 0 Å². The average molecular weight is 270 g/mol. The highest BCUT2D eigenvalue weighted by atomic mass is 32.1. The molecule has 0 aliphatic heterocycles. The normalized spacial score (nSPS) is 14.3. The average Bonchev–Trinajstić information content (AvgIpc) is 3.05. The smallest absolute Gasteiger partial charge is 0.338 e. The number of nitrogens with zero attached hydrogens (tertiary/aromatic N) is 1. The van der Waals surface area contributed by atoms with Crippen LogP contribution in [0, 0.1) is 0 Å². The molecule has 1 aliphatic rings. The van der Waals surface area contributed by atoms with E-state index in [0.717, 1.165) is 12.8 Å². The minimum absolute atomic E-state index is 0.0908. The number of amides is 2. The summed E-state index contributed by atoms with van der Waals surface area (Å²) in [6, 6.07) is 1.28. The van der Waals surface area contributed by atoms with Gasteiger partial charge in [0.15, 0.2) is 0 Å². The number of rotatable bonds is 5. The molecule has 1 fully saturated rings. The second-order valence-corrected chi connectivity index (χ2v) is 4.96. The molecule has 7 heteroatoms. The van der Waals surface area contributed by atoms with Gasteiger partial charge < -0.3 is 15.1 Å². The van der Waals surface area contributed by atoms with Gasteiger partial charge in [-0.1, -0.05) is 0 Å². The number of thiophene rings is 1. The van der Waals surface area contributed by atoms with Gasteiger partial charge in [0.1, 0.15) is 5.00 Å². The van der Waals surface area contributed by atoms with Gasteiger partial charge in [-0.2, -0.15) is 0 Å². The van der Waals surface area contributed by atoms with E-state index >= 15 is 0 Å². The Morgan fingerprint density at radius 2 is 2.22 bits per heavy atom. The summed E-state index contributed by atoms with van der Waals surface area (Å²) in [7, 11) is 0. The Morgan fingerprint density at radius 3 is 2.78 bits per heavy atom. The number of carbonyl (C=O) groups excluding carboxylic acids is 1. The monoisotopic (exact) mass is 270 g/mol. The van der Waals surface area contributed by atoms with E-state index < -0.39 is 5.97 Å². The molecule has 1 saturated carbocycles. The zero-order chi connectivity index (χ0) is 13.1. The van der Waals surface area contributed by atoms with Crippen molar-refractivity contribution in [3.05, 3.63) is 17.0 Å². The first-order chi connectivity index (χ1) is 8.63. The van der Waals surface area contributed by atoms with E-state index in [0.29, 0.717) is 5.00 Å². The number of hydrogen-bond donors (Lipinski definition) is 3. The van der Waals surface area contributed by atoms with Crippen LogP contribution in [0.25, 0.3) is 0 Å². The Bertz CT molecular complexity index is 456. The molecule has 0 bridgehead atoms. The van der Waals surface area contributed by atoms with E-state index in [4.69, 9.17) is 10.2 Å². The summed E-state index contributed by atoms with van der Waals surface area (Å²) in [4.78, 5) is 24.4. The zero-order valence-corrected chi connectivity index (χ0v) is 10.4. The first-order valence-corrected chi connectivity index (χ1v) is 6.50. The lowest BCUT2D eigenvalue weighted by atomic mass is 10.3. The summed E-state index contributed by atoms with van der Waals surface area (Å²) in [6.07, 6.45) is 1.87. The Labute approximate surface area is 108 Å². The van der Waals surface area contributed by atoms with Crippen LogP contribution in [-0.4, -0.2) is 46.3 Å². The van der Waals surface area contributed by atoms with Crippen LogP contribution in [0.5, 0.6) is 0 Å². The van der Waals surface area contributed by atoms with Crippen LogP contribution >= 0.6 is 11.3 Å². The lowest BCUT2D eigenvalue weighted by Gasteiger charge is -2.21. The van der Waals surface area contributed by atoms with E-state index in [-0.39, 0.29) is 30.8 Å². The summed E-state index contributed by atoms with van der Waals surface area (Å²) in [6.45, 7) is 0.171. The van der Waals surface area contributed by atoms with Crippen molar-refractivity contribution in [2.75, 3.05) is 18.5 Å². The summed E-state index contributed by atoms with van der Waals surface area (Å²) >= 11 is 1.17. The van der Waals surface area contributed by atoms with Gasteiger partial charge >= 0.3 is 12.0 Å². The van der Waals surface area contributed by atoms with Crippen LogP contribution in [0.15, 0.2) is 11.4 Å². The highest BCUT2D eigenvalue weighted by molar-refractivity contribution is 7.14. The molecule has 1 aromatic rings. The van der Waals surface area contributed by atoms with Crippen LogP contribution in [0.2, 0.25) is 0 Å². The molecule has 2 amide bonds. The Morgan fingerprint density at radius 1 is 1.50 bits per heavy atom. The molecule has 0 unspecified atom stereocenters. The number of aliphatic hydroxyl groups is 1. The standard InChI is InChI=1S/C11H14N2O4S/c14-5-4-13(7-1-2-7)11(17)12-9-8(10(15)16)3-6-18-9/h3,6-7,14H,1-2,4-5H2,(H,12,17)(H,15,16). The highest BCUT2D eigenvalue weighted by Gasteiger charge is 2.32. The van der Waals surface area contributed by atoms with Crippen molar-refractivity contribution in [2.45, 2.75) is 18.9 Å². The maximum atomic E-state index is 12.0. The Hall–Kier alpha value is -1.60. The lowest BCUT2D eigenvalue weighted by molar-refractivity contribution is 0.0698. The van der Waals surface area contributed by atoms with Crippen molar-refractivity contribution >= 4 is 28.3 Å². The molecule has 0 atom stereocenters. The van der Waals surface area contributed by atoms with Gasteiger partial charge in [-0.05, 0) is 24.3 Å². The SMILES string of the molecule is O=C(O)c1ccsc1NC(=O)N(CCO)C1CC1. The molecule has 0 saturated heterocycles. The quantitative estimate of drug-likeness (QED) is 0.755. The second kappa shape index (κ2) is 5.36. The first-order valence-electron chi connectivity index (χ1n) is 5.62. The van der Waals surface area contributed by atoms with Crippen LogP contribution < -0.4 is 5.32 Å². The molecule has 3 N–H and O–H groups in total. The number of carbonyl (C=O) groups is 2. The first kappa shape index (κ1) is 12.8. The number of hydrogen-bond acceptors (Lipinski definition) is 4. The van der Waals surface area contributed by atoms with E-state index in [1.165, 1.54) is 17.4 Å². The van der Waals surface area contributed by atoms with E-state index in [1.807, 2.05) is 0 Å². The fraction of sp³-hybridized carbons (Fsp3) is 0.455.